The lowest BCUT2D eigenvalue weighted by molar-refractivity contribution is -0.140. The third-order valence-electron chi connectivity index (χ3n) is 8.02. The van der Waals surface area contributed by atoms with E-state index in [4.69, 9.17) is 0 Å². The first-order valence-electron chi connectivity index (χ1n) is 12.1. The molecule has 9 heteroatoms. The standard InChI is InChI=1S/C25H32N4O5/c1-24(2)9-5-6-15(10-24)26-22(32)18-11-25(14-30)12-19(25)29(18)20(31)13-28-17-8-4-3-7-16(17)21(27-28)23(33)34/h3-4,7-8,15,18-19,30H,5-6,9-14H2,1-2H3,(H,26,32)(H,33,34)/t15-,18+,19-,25+/m1/s1. The lowest BCUT2D eigenvalue weighted by Gasteiger charge is -2.37. The zero-order valence-corrected chi connectivity index (χ0v) is 19.7. The van der Waals surface area contributed by atoms with Crippen molar-refractivity contribution >= 4 is 28.7 Å². The third kappa shape index (κ3) is 3.85. The second-order valence-electron chi connectivity index (χ2n) is 11.1. The Kier molecular flexibility index (Phi) is 5.42. The summed E-state index contributed by atoms with van der Waals surface area (Å²) in [5, 5.41) is 27.3. The summed E-state index contributed by atoms with van der Waals surface area (Å²) in [6.45, 7) is 4.21. The van der Waals surface area contributed by atoms with Gasteiger partial charge in [0.1, 0.15) is 12.6 Å². The Balaban J connectivity index is 1.37. The number of amides is 2. The molecule has 4 atom stereocenters. The highest BCUT2D eigenvalue weighted by molar-refractivity contribution is 6.01. The molecule has 0 bridgehead atoms. The number of carboxylic acid groups (broad SMARTS) is 1. The molecule has 3 aliphatic rings. The average molecular weight is 469 g/mol. The van der Waals surface area contributed by atoms with Crippen LogP contribution in [0.3, 0.4) is 0 Å². The topological polar surface area (TPSA) is 125 Å². The lowest BCUT2D eigenvalue weighted by Crippen LogP contribution is -2.52. The molecule has 2 aliphatic carbocycles. The van der Waals surface area contributed by atoms with Crippen LogP contribution in [0.25, 0.3) is 10.9 Å². The van der Waals surface area contributed by atoms with E-state index in [1.807, 2.05) is 0 Å². The SMILES string of the molecule is CC1(C)CCC[C@@H](NC(=O)[C@@H]2C[C@@]3(CO)C[C@H]3N2C(=O)Cn2nc(C(=O)O)c3ccccc32)C1. The summed E-state index contributed by atoms with van der Waals surface area (Å²) in [6.07, 6.45) is 5.16. The maximum Gasteiger partial charge on any atom is 0.357 e. The van der Waals surface area contributed by atoms with Crippen LogP contribution in [0.2, 0.25) is 0 Å². The van der Waals surface area contributed by atoms with E-state index in [2.05, 4.69) is 24.3 Å². The molecule has 9 nitrogen and oxygen atoms in total. The van der Waals surface area contributed by atoms with E-state index in [1.54, 1.807) is 29.2 Å². The molecule has 1 saturated heterocycles. The Hall–Kier alpha value is -2.94. The van der Waals surface area contributed by atoms with Crippen LogP contribution < -0.4 is 5.32 Å². The molecule has 5 rings (SSSR count). The number of fused-ring (bicyclic) bond motifs is 2. The Labute approximate surface area is 198 Å². The lowest BCUT2D eigenvalue weighted by atomic mass is 9.75. The first-order chi connectivity index (χ1) is 16.1. The highest BCUT2D eigenvalue weighted by Gasteiger charge is 2.67. The van der Waals surface area contributed by atoms with E-state index in [0.717, 1.165) is 25.7 Å². The van der Waals surface area contributed by atoms with Crippen LogP contribution >= 0.6 is 0 Å². The van der Waals surface area contributed by atoms with E-state index in [0.29, 0.717) is 23.7 Å². The van der Waals surface area contributed by atoms with Gasteiger partial charge in [0.05, 0.1) is 12.1 Å². The van der Waals surface area contributed by atoms with Gasteiger partial charge in [-0.3, -0.25) is 14.3 Å². The van der Waals surface area contributed by atoms with Gasteiger partial charge in [0.2, 0.25) is 11.8 Å². The van der Waals surface area contributed by atoms with Crippen LogP contribution in [0.15, 0.2) is 24.3 Å². The van der Waals surface area contributed by atoms with Crippen molar-refractivity contribution in [1.82, 2.24) is 20.0 Å². The van der Waals surface area contributed by atoms with Gasteiger partial charge in [-0.2, -0.15) is 5.10 Å². The number of aromatic nitrogens is 2. The number of carboxylic acids is 1. The summed E-state index contributed by atoms with van der Waals surface area (Å²) in [5.74, 6) is -1.60. The Morgan fingerprint density at radius 1 is 1.18 bits per heavy atom. The van der Waals surface area contributed by atoms with Crippen LogP contribution in [0.1, 0.15) is 62.9 Å². The first kappa shape index (κ1) is 22.8. The van der Waals surface area contributed by atoms with Gasteiger partial charge in [-0.1, -0.05) is 38.5 Å². The van der Waals surface area contributed by atoms with Crippen molar-refractivity contribution in [3.05, 3.63) is 30.0 Å². The molecular weight excluding hydrogens is 436 g/mol. The second-order valence-corrected chi connectivity index (χ2v) is 11.1. The number of benzene rings is 1. The fourth-order valence-corrected chi connectivity index (χ4v) is 6.18. The zero-order valence-electron chi connectivity index (χ0n) is 19.7. The molecule has 1 aliphatic heterocycles. The van der Waals surface area contributed by atoms with Gasteiger partial charge < -0.3 is 20.4 Å². The number of para-hydroxylation sites is 1. The molecule has 0 spiro atoms. The van der Waals surface area contributed by atoms with E-state index in [-0.39, 0.29) is 48.2 Å². The Morgan fingerprint density at radius 2 is 1.94 bits per heavy atom. The number of carbonyl (C=O) groups excluding carboxylic acids is 2. The largest absolute Gasteiger partial charge is 0.476 e. The summed E-state index contributed by atoms with van der Waals surface area (Å²) in [7, 11) is 0. The number of aromatic carboxylic acids is 1. The van der Waals surface area contributed by atoms with Gasteiger partial charge in [-0.15, -0.1) is 0 Å². The van der Waals surface area contributed by atoms with Gasteiger partial charge >= 0.3 is 5.97 Å². The molecule has 3 fully saturated rings. The van der Waals surface area contributed by atoms with Crippen molar-refractivity contribution in [2.75, 3.05) is 6.61 Å². The minimum absolute atomic E-state index is 0.0600. The second kappa shape index (κ2) is 8.08. The van der Waals surface area contributed by atoms with Gasteiger partial charge in [-0.05, 0) is 43.6 Å². The molecule has 1 aromatic heterocycles. The summed E-state index contributed by atoms with van der Waals surface area (Å²) >= 11 is 0. The van der Waals surface area contributed by atoms with Crippen molar-refractivity contribution in [1.29, 1.82) is 0 Å². The average Bonchev–Trinajstić information content (AvgIpc) is 3.21. The van der Waals surface area contributed by atoms with Crippen molar-refractivity contribution in [2.45, 2.75) is 77.0 Å². The minimum Gasteiger partial charge on any atom is -0.476 e. The van der Waals surface area contributed by atoms with Crippen LogP contribution in [-0.2, 0) is 16.1 Å². The quantitative estimate of drug-likeness (QED) is 0.597. The van der Waals surface area contributed by atoms with Crippen LogP contribution in [0.5, 0.6) is 0 Å². The molecule has 0 radical (unpaired) electrons. The maximum absolute atomic E-state index is 13.5. The molecule has 182 valence electrons. The monoisotopic (exact) mass is 468 g/mol. The summed E-state index contributed by atoms with van der Waals surface area (Å²) in [4.78, 5) is 40.1. The number of likely N-dealkylation sites (tertiary alicyclic amines) is 1. The van der Waals surface area contributed by atoms with E-state index < -0.39 is 17.4 Å². The van der Waals surface area contributed by atoms with Crippen molar-refractivity contribution in [3.8, 4) is 0 Å². The summed E-state index contributed by atoms with van der Waals surface area (Å²) in [6, 6.07) is 6.18. The van der Waals surface area contributed by atoms with E-state index >= 15 is 0 Å². The number of rotatable bonds is 6. The fraction of sp³-hybridized carbons (Fsp3) is 0.600. The number of nitrogens with zero attached hydrogens (tertiary/aromatic N) is 3. The van der Waals surface area contributed by atoms with Gasteiger partial charge in [0.25, 0.3) is 0 Å². The third-order valence-corrected chi connectivity index (χ3v) is 8.02. The molecule has 2 amide bonds. The van der Waals surface area contributed by atoms with Crippen molar-refractivity contribution in [3.63, 3.8) is 0 Å². The predicted octanol–water partition coefficient (Wildman–Crippen LogP) is 2.17. The summed E-state index contributed by atoms with van der Waals surface area (Å²) in [5.41, 5.74) is 0.220. The highest BCUT2D eigenvalue weighted by Crippen LogP contribution is 2.59. The van der Waals surface area contributed by atoms with Gasteiger partial charge in [0, 0.05) is 22.9 Å². The van der Waals surface area contributed by atoms with Crippen molar-refractivity contribution in [2.24, 2.45) is 10.8 Å². The van der Waals surface area contributed by atoms with E-state index in [9.17, 15) is 24.6 Å². The molecule has 2 aromatic rings. The maximum atomic E-state index is 13.5. The molecule has 2 heterocycles. The number of hydrogen-bond donors (Lipinski definition) is 3. The van der Waals surface area contributed by atoms with Crippen LogP contribution in [-0.4, -0.2) is 67.4 Å². The molecule has 0 unspecified atom stereocenters. The molecule has 34 heavy (non-hydrogen) atoms. The number of aliphatic hydroxyl groups is 1. The molecule has 2 saturated carbocycles. The van der Waals surface area contributed by atoms with Gasteiger partial charge in [0.15, 0.2) is 5.69 Å². The normalized spacial score (nSPS) is 29.6. The van der Waals surface area contributed by atoms with Crippen molar-refractivity contribution < 1.29 is 24.6 Å². The smallest absolute Gasteiger partial charge is 0.357 e. The Bertz CT molecular complexity index is 1160. The molecule has 1 aromatic carbocycles. The molecular formula is C25H32N4O5. The first-order valence-corrected chi connectivity index (χ1v) is 12.1. The van der Waals surface area contributed by atoms with Gasteiger partial charge in [-0.25, -0.2) is 4.79 Å². The number of aliphatic hydroxyl groups excluding tert-OH is 1. The van der Waals surface area contributed by atoms with Crippen LogP contribution in [0.4, 0.5) is 0 Å². The van der Waals surface area contributed by atoms with E-state index in [1.165, 1.54) is 4.68 Å². The number of carbonyl (C=O) groups is 3. The summed E-state index contributed by atoms with van der Waals surface area (Å²) < 4.78 is 1.40. The predicted molar refractivity (Wildman–Crippen MR) is 124 cm³/mol. The fourth-order valence-electron chi connectivity index (χ4n) is 6.18. The highest BCUT2D eigenvalue weighted by atomic mass is 16.4. The van der Waals surface area contributed by atoms with Crippen LogP contribution in [0, 0.1) is 10.8 Å². The number of hydrogen-bond acceptors (Lipinski definition) is 5. The minimum atomic E-state index is -1.15. The zero-order chi connectivity index (χ0) is 24.3. The number of nitrogens with one attached hydrogen (secondary N) is 1. The molecule has 3 N–H and O–H groups in total. The Morgan fingerprint density at radius 3 is 2.65 bits per heavy atom. The number of piperidine rings is 1.